The zero-order valence-electron chi connectivity index (χ0n) is 18.0. The highest BCUT2D eigenvalue weighted by Gasteiger charge is 2.12. The van der Waals surface area contributed by atoms with Crippen LogP contribution in [0.15, 0.2) is 71.9 Å². The molecule has 0 aliphatic heterocycles. The van der Waals surface area contributed by atoms with Gasteiger partial charge in [0.1, 0.15) is 18.1 Å². The molecule has 0 heterocycles. The number of amides is 1. The van der Waals surface area contributed by atoms with Gasteiger partial charge in [-0.25, -0.2) is 4.79 Å². The highest BCUT2D eigenvalue weighted by Crippen LogP contribution is 2.29. The highest BCUT2D eigenvalue weighted by molar-refractivity contribution is 6.32. The maximum absolute atomic E-state index is 12.3. The summed E-state index contributed by atoms with van der Waals surface area (Å²) in [6, 6.07) is 16.5. The molecule has 35 heavy (non-hydrogen) atoms. The maximum Gasteiger partial charge on any atom is 0.365 e. The SMILES string of the molecule is NC(=O)COc1ccc(/C(N)=N/OC(=O)c2ccc(COc3ccc([N+](=O)[O-])cc3Cl)cc2)cc1. The van der Waals surface area contributed by atoms with Gasteiger partial charge in [-0.1, -0.05) is 28.9 Å². The van der Waals surface area contributed by atoms with Crippen molar-refractivity contribution in [3.63, 3.8) is 0 Å². The summed E-state index contributed by atoms with van der Waals surface area (Å²) in [5, 5.41) is 14.5. The summed E-state index contributed by atoms with van der Waals surface area (Å²) in [7, 11) is 0. The molecule has 0 aliphatic carbocycles. The fourth-order valence-electron chi connectivity index (χ4n) is 2.69. The lowest BCUT2D eigenvalue weighted by Gasteiger charge is -2.08. The number of rotatable bonds is 10. The predicted octanol–water partition coefficient (Wildman–Crippen LogP) is 3.17. The molecular weight excluding hydrogens is 480 g/mol. The molecule has 11 nitrogen and oxygen atoms in total. The van der Waals surface area contributed by atoms with Gasteiger partial charge in [-0.05, 0) is 48.0 Å². The van der Waals surface area contributed by atoms with Crippen LogP contribution in [0.1, 0.15) is 21.5 Å². The van der Waals surface area contributed by atoms with E-state index in [2.05, 4.69) is 5.16 Å². The predicted molar refractivity (Wildman–Crippen MR) is 126 cm³/mol. The van der Waals surface area contributed by atoms with Crippen LogP contribution >= 0.6 is 11.6 Å². The number of halogens is 1. The van der Waals surface area contributed by atoms with E-state index in [1.54, 1.807) is 36.4 Å². The summed E-state index contributed by atoms with van der Waals surface area (Å²) in [5.41, 5.74) is 12.1. The average molecular weight is 499 g/mol. The number of nitro groups is 1. The Morgan fingerprint density at radius 3 is 2.20 bits per heavy atom. The molecule has 0 atom stereocenters. The zero-order valence-corrected chi connectivity index (χ0v) is 18.8. The molecule has 3 rings (SSSR count). The number of hydrogen-bond acceptors (Lipinski definition) is 8. The molecule has 0 aromatic heterocycles. The van der Waals surface area contributed by atoms with Gasteiger partial charge in [0.2, 0.25) is 0 Å². The number of carbonyl (C=O) groups excluding carboxylic acids is 2. The number of oxime groups is 1. The van der Waals surface area contributed by atoms with Crippen LogP contribution in [0.5, 0.6) is 11.5 Å². The third-order valence-corrected chi connectivity index (χ3v) is 4.76. The molecule has 0 bridgehead atoms. The Morgan fingerprint density at radius 1 is 0.943 bits per heavy atom. The van der Waals surface area contributed by atoms with Crippen molar-refractivity contribution in [3.8, 4) is 11.5 Å². The number of amidine groups is 1. The number of non-ortho nitro benzene ring substituents is 1. The smallest absolute Gasteiger partial charge is 0.365 e. The normalized spacial score (nSPS) is 10.9. The van der Waals surface area contributed by atoms with Crippen LogP contribution < -0.4 is 20.9 Å². The molecule has 12 heteroatoms. The lowest BCUT2D eigenvalue weighted by molar-refractivity contribution is -0.384. The fraction of sp³-hybridized carbons (Fsp3) is 0.0870. The van der Waals surface area contributed by atoms with Gasteiger partial charge in [-0.3, -0.25) is 14.9 Å². The molecule has 0 spiro atoms. The molecule has 1 amide bonds. The first-order valence-corrected chi connectivity index (χ1v) is 10.3. The summed E-state index contributed by atoms with van der Waals surface area (Å²) >= 11 is 6.01. The Balaban J connectivity index is 1.54. The highest BCUT2D eigenvalue weighted by atomic mass is 35.5. The third kappa shape index (κ3) is 7.17. The van der Waals surface area contributed by atoms with E-state index in [0.29, 0.717) is 11.3 Å². The Bertz CT molecular complexity index is 1260. The van der Waals surface area contributed by atoms with E-state index in [4.69, 9.17) is 37.4 Å². The van der Waals surface area contributed by atoms with E-state index in [0.717, 1.165) is 5.56 Å². The molecule has 0 saturated heterocycles. The van der Waals surface area contributed by atoms with E-state index in [1.807, 2.05) is 0 Å². The van der Waals surface area contributed by atoms with Crippen LogP contribution in [0, 0.1) is 10.1 Å². The molecule has 0 fully saturated rings. The van der Waals surface area contributed by atoms with E-state index in [9.17, 15) is 19.7 Å². The Hall–Kier alpha value is -4.64. The van der Waals surface area contributed by atoms with E-state index >= 15 is 0 Å². The van der Waals surface area contributed by atoms with Crippen molar-refractivity contribution < 1.29 is 28.8 Å². The van der Waals surface area contributed by atoms with Crippen molar-refractivity contribution in [2.24, 2.45) is 16.6 Å². The second kappa shape index (κ2) is 11.5. The number of nitro benzene ring substituents is 1. The Morgan fingerprint density at radius 2 is 1.60 bits per heavy atom. The number of nitrogens with two attached hydrogens (primary N) is 2. The van der Waals surface area contributed by atoms with Gasteiger partial charge in [0, 0.05) is 17.7 Å². The summed E-state index contributed by atoms with van der Waals surface area (Å²) in [6.45, 7) is -0.132. The molecule has 3 aromatic carbocycles. The van der Waals surface area contributed by atoms with E-state index in [1.165, 1.54) is 30.3 Å². The molecule has 180 valence electrons. The van der Waals surface area contributed by atoms with Crippen molar-refractivity contribution in [2.45, 2.75) is 6.61 Å². The van der Waals surface area contributed by atoms with Gasteiger partial charge in [0.05, 0.1) is 15.5 Å². The standard InChI is InChI=1S/C23H19ClN4O7/c24-19-11-17(28(31)32)7-10-20(19)34-12-14-1-3-16(4-2-14)23(30)35-27-22(26)15-5-8-18(9-6-15)33-13-21(25)29/h1-11H,12-13H2,(H2,25,29)(H2,26,27). The van der Waals surface area contributed by atoms with Gasteiger partial charge < -0.3 is 25.8 Å². The van der Waals surface area contributed by atoms with Crippen LogP contribution in [0.4, 0.5) is 5.69 Å². The summed E-state index contributed by atoms with van der Waals surface area (Å²) in [4.78, 5) is 38.1. The van der Waals surface area contributed by atoms with Gasteiger partial charge in [-0.15, -0.1) is 0 Å². The molecule has 0 saturated carbocycles. The molecule has 0 radical (unpaired) electrons. The summed E-state index contributed by atoms with van der Waals surface area (Å²) in [6.07, 6.45) is 0. The first kappa shape index (κ1) is 25.0. The van der Waals surface area contributed by atoms with Crippen molar-refractivity contribution in [2.75, 3.05) is 6.61 Å². The number of carbonyl (C=O) groups is 2. The van der Waals surface area contributed by atoms with Crippen LogP contribution in [-0.2, 0) is 16.2 Å². The Kier molecular flexibility index (Phi) is 8.20. The van der Waals surface area contributed by atoms with Crippen LogP contribution in [0.2, 0.25) is 5.02 Å². The third-order valence-electron chi connectivity index (χ3n) is 4.47. The fourth-order valence-corrected chi connectivity index (χ4v) is 2.92. The number of benzene rings is 3. The lowest BCUT2D eigenvalue weighted by Crippen LogP contribution is -2.20. The topological polar surface area (TPSA) is 169 Å². The minimum Gasteiger partial charge on any atom is -0.487 e. The van der Waals surface area contributed by atoms with Gasteiger partial charge in [0.25, 0.3) is 11.6 Å². The van der Waals surface area contributed by atoms with Crippen LogP contribution in [-0.4, -0.2) is 29.2 Å². The first-order chi connectivity index (χ1) is 16.7. The minimum absolute atomic E-state index is 0.0372. The van der Waals surface area contributed by atoms with Crippen LogP contribution in [0.25, 0.3) is 0 Å². The molecule has 0 unspecified atom stereocenters. The van der Waals surface area contributed by atoms with Gasteiger partial charge in [0.15, 0.2) is 12.4 Å². The first-order valence-electron chi connectivity index (χ1n) is 9.95. The maximum atomic E-state index is 12.3. The van der Waals surface area contributed by atoms with E-state index in [-0.39, 0.29) is 41.1 Å². The van der Waals surface area contributed by atoms with E-state index < -0.39 is 16.8 Å². The summed E-state index contributed by atoms with van der Waals surface area (Å²) in [5.74, 6) is -0.656. The molecule has 3 aromatic rings. The number of hydrogen-bond donors (Lipinski definition) is 2. The van der Waals surface area contributed by atoms with Gasteiger partial charge >= 0.3 is 5.97 Å². The average Bonchev–Trinajstić information content (AvgIpc) is 2.85. The summed E-state index contributed by atoms with van der Waals surface area (Å²) < 4.78 is 10.7. The number of nitrogens with zero attached hydrogens (tertiary/aromatic N) is 2. The minimum atomic E-state index is -0.722. The quantitative estimate of drug-likeness (QED) is 0.141. The molecule has 4 N–H and O–H groups in total. The monoisotopic (exact) mass is 498 g/mol. The largest absolute Gasteiger partial charge is 0.487 e. The van der Waals surface area contributed by atoms with Crippen LogP contribution in [0.3, 0.4) is 0 Å². The Labute approximate surface area is 204 Å². The lowest BCUT2D eigenvalue weighted by atomic mass is 10.1. The van der Waals surface area contributed by atoms with Crippen molar-refractivity contribution >= 4 is 35.0 Å². The number of ether oxygens (including phenoxy) is 2. The van der Waals surface area contributed by atoms with Crippen molar-refractivity contribution in [1.82, 2.24) is 0 Å². The molecular formula is C23H19ClN4O7. The van der Waals surface area contributed by atoms with Crippen molar-refractivity contribution in [3.05, 3.63) is 98.6 Å². The second-order valence-corrected chi connectivity index (χ2v) is 7.40. The zero-order chi connectivity index (χ0) is 25.4. The second-order valence-electron chi connectivity index (χ2n) is 6.99. The van der Waals surface area contributed by atoms with Gasteiger partial charge in [-0.2, -0.15) is 0 Å². The molecule has 0 aliphatic rings. The number of primary amides is 1. The van der Waals surface area contributed by atoms with Crippen molar-refractivity contribution in [1.29, 1.82) is 0 Å².